The molecule has 3 unspecified atom stereocenters. The molecule has 0 saturated carbocycles. The summed E-state index contributed by atoms with van der Waals surface area (Å²) in [7, 11) is 0. The van der Waals surface area contributed by atoms with E-state index in [2.05, 4.69) is 0 Å². The van der Waals surface area contributed by atoms with E-state index >= 15 is 0 Å². The number of hydrogen-bond donors (Lipinski definition) is 3. The van der Waals surface area contributed by atoms with E-state index in [-0.39, 0.29) is 35.3 Å². The van der Waals surface area contributed by atoms with Crippen LogP contribution in [0.1, 0.15) is 32.1 Å². The van der Waals surface area contributed by atoms with Crippen molar-refractivity contribution in [3.63, 3.8) is 0 Å². The van der Waals surface area contributed by atoms with Crippen LogP contribution < -0.4 is 5.63 Å². The average molecular weight is 270 g/mol. The molecule has 0 radical (unpaired) electrons. The van der Waals surface area contributed by atoms with E-state index in [4.69, 9.17) is 4.42 Å². The molecular formula is C14H22O5. The Hall–Kier alpha value is -1.33. The van der Waals surface area contributed by atoms with Gasteiger partial charge in [-0.25, -0.2) is 4.79 Å². The Labute approximate surface area is 112 Å². The molecule has 108 valence electrons. The third kappa shape index (κ3) is 3.81. The molecule has 19 heavy (non-hydrogen) atoms. The maximum Gasteiger partial charge on any atom is 0.342 e. The van der Waals surface area contributed by atoms with Gasteiger partial charge in [-0.15, -0.1) is 0 Å². The van der Waals surface area contributed by atoms with Crippen molar-refractivity contribution in [1.82, 2.24) is 0 Å². The Morgan fingerprint density at radius 1 is 1.26 bits per heavy atom. The molecule has 1 aromatic heterocycles. The van der Waals surface area contributed by atoms with Crippen LogP contribution in [0.25, 0.3) is 0 Å². The first-order chi connectivity index (χ1) is 8.73. The third-order valence-electron chi connectivity index (χ3n) is 3.45. The quantitative estimate of drug-likeness (QED) is 0.748. The molecule has 0 aliphatic heterocycles. The molecule has 1 aromatic rings. The van der Waals surface area contributed by atoms with Gasteiger partial charge in [0.05, 0.1) is 17.8 Å². The van der Waals surface area contributed by atoms with Gasteiger partial charge in [-0.2, -0.15) is 0 Å². The van der Waals surface area contributed by atoms with Crippen LogP contribution in [0, 0.1) is 18.8 Å². The first-order valence-electron chi connectivity index (χ1n) is 6.42. The van der Waals surface area contributed by atoms with Gasteiger partial charge in [-0.1, -0.05) is 20.8 Å². The van der Waals surface area contributed by atoms with Crippen LogP contribution in [0.15, 0.2) is 15.3 Å². The second-order valence-electron chi connectivity index (χ2n) is 5.38. The van der Waals surface area contributed by atoms with Crippen LogP contribution in [-0.2, 0) is 6.42 Å². The second kappa shape index (κ2) is 6.21. The van der Waals surface area contributed by atoms with E-state index in [1.807, 2.05) is 13.8 Å². The van der Waals surface area contributed by atoms with E-state index in [0.29, 0.717) is 0 Å². The van der Waals surface area contributed by atoms with Gasteiger partial charge >= 0.3 is 5.63 Å². The molecule has 1 heterocycles. The minimum absolute atomic E-state index is 0.0306. The Morgan fingerprint density at radius 3 is 2.32 bits per heavy atom. The van der Waals surface area contributed by atoms with Crippen LogP contribution >= 0.6 is 0 Å². The van der Waals surface area contributed by atoms with Crippen molar-refractivity contribution in [3.05, 3.63) is 27.8 Å². The zero-order chi connectivity index (χ0) is 14.7. The second-order valence-corrected chi connectivity index (χ2v) is 5.38. The number of aliphatic hydroxyl groups is 2. The maximum absolute atomic E-state index is 11.4. The highest BCUT2D eigenvalue weighted by molar-refractivity contribution is 5.28. The summed E-state index contributed by atoms with van der Waals surface area (Å²) >= 11 is 0. The number of aromatic hydroxyl groups is 1. The standard InChI is InChI=1S/C14H22O5/c1-7(2)13(17)8(3)11(15)5-10-6-12(16)9(4)14(18)19-10/h6-8,11,13,15-17H,5H2,1-4H3. The van der Waals surface area contributed by atoms with E-state index in [9.17, 15) is 20.1 Å². The predicted octanol–water partition coefficient (Wildman–Crippen LogP) is 1.21. The van der Waals surface area contributed by atoms with Crippen molar-refractivity contribution < 1.29 is 19.7 Å². The number of hydrogen-bond acceptors (Lipinski definition) is 5. The maximum atomic E-state index is 11.4. The Kier molecular flexibility index (Phi) is 5.14. The molecule has 3 N–H and O–H groups in total. The minimum atomic E-state index is -0.845. The van der Waals surface area contributed by atoms with Gasteiger partial charge < -0.3 is 19.7 Å². The summed E-state index contributed by atoms with van der Waals surface area (Å²) < 4.78 is 4.99. The largest absolute Gasteiger partial charge is 0.507 e. The van der Waals surface area contributed by atoms with Crippen LogP contribution in [-0.4, -0.2) is 27.5 Å². The molecule has 3 atom stereocenters. The van der Waals surface area contributed by atoms with Crippen LogP contribution in [0.2, 0.25) is 0 Å². The van der Waals surface area contributed by atoms with Crippen molar-refractivity contribution in [2.24, 2.45) is 11.8 Å². The third-order valence-corrected chi connectivity index (χ3v) is 3.45. The van der Waals surface area contributed by atoms with Crippen molar-refractivity contribution in [2.75, 3.05) is 0 Å². The Morgan fingerprint density at radius 2 is 1.84 bits per heavy atom. The molecular weight excluding hydrogens is 248 g/mol. The van der Waals surface area contributed by atoms with Gasteiger partial charge in [0.15, 0.2) is 0 Å². The highest BCUT2D eigenvalue weighted by Gasteiger charge is 2.26. The number of aliphatic hydroxyl groups excluding tert-OH is 2. The van der Waals surface area contributed by atoms with Gasteiger partial charge in [0.2, 0.25) is 0 Å². The normalized spacial score (nSPS) is 16.4. The van der Waals surface area contributed by atoms with E-state index < -0.39 is 17.8 Å². The lowest BCUT2D eigenvalue weighted by molar-refractivity contribution is -0.00362. The molecule has 0 bridgehead atoms. The van der Waals surface area contributed by atoms with Crippen LogP contribution in [0.4, 0.5) is 0 Å². The summed E-state index contributed by atoms with van der Waals surface area (Å²) in [6.45, 7) is 6.94. The first-order valence-corrected chi connectivity index (χ1v) is 6.42. The van der Waals surface area contributed by atoms with Crippen molar-refractivity contribution in [3.8, 4) is 5.75 Å². The zero-order valence-electron chi connectivity index (χ0n) is 11.8. The molecule has 0 saturated heterocycles. The van der Waals surface area contributed by atoms with Crippen molar-refractivity contribution in [1.29, 1.82) is 0 Å². The smallest absolute Gasteiger partial charge is 0.342 e. The molecule has 1 rings (SSSR count). The lowest BCUT2D eigenvalue weighted by Gasteiger charge is -2.26. The van der Waals surface area contributed by atoms with Gasteiger partial charge in [0, 0.05) is 18.4 Å². The molecule has 0 fully saturated rings. The highest BCUT2D eigenvalue weighted by atomic mass is 16.4. The fraction of sp³-hybridized carbons (Fsp3) is 0.643. The van der Waals surface area contributed by atoms with Crippen molar-refractivity contribution >= 4 is 0 Å². The van der Waals surface area contributed by atoms with Crippen molar-refractivity contribution in [2.45, 2.75) is 46.3 Å². The lowest BCUT2D eigenvalue weighted by atomic mass is 9.88. The van der Waals surface area contributed by atoms with Crippen LogP contribution in [0.5, 0.6) is 5.75 Å². The minimum Gasteiger partial charge on any atom is -0.507 e. The van der Waals surface area contributed by atoms with Gasteiger partial charge in [0.1, 0.15) is 11.5 Å². The number of rotatable bonds is 5. The van der Waals surface area contributed by atoms with E-state index in [1.54, 1.807) is 6.92 Å². The van der Waals surface area contributed by atoms with E-state index in [0.717, 1.165) is 0 Å². The summed E-state index contributed by atoms with van der Waals surface area (Å²) in [6.07, 6.45) is -1.41. The average Bonchev–Trinajstić information content (AvgIpc) is 2.33. The summed E-state index contributed by atoms with van der Waals surface area (Å²) in [5, 5.41) is 29.5. The lowest BCUT2D eigenvalue weighted by Crippen LogP contribution is -2.34. The molecule has 5 nitrogen and oxygen atoms in total. The monoisotopic (exact) mass is 270 g/mol. The topological polar surface area (TPSA) is 90.9 Å². The Balaban J connectivity index is 2.83. The predicted molar refractivity (Wildman–Crippen MR) is 71.1 cm³/mol. The summed E-state index contributed by atoms with van der Waals surface area (Å²) in [6, 6.07) is 1.33. The molecule has 0 aliphatic carbocycles. The van der Waals surface area contributed by atoms with Gasteiger partial charge in [0.25, 0.3) is 0 Å². The Bertz CT molecular complexity index is 477. The highest BCUT2D eigenvalue weighted by Crippen LogP contribution is 2.21. The molecule has 5 heteroatoms. The molecule has 0 aromatic carbocycles. The molecule has 0 aliphatic rings. The van der Waals surface area contributed by atoms with Gasteiger partial charge in [-0.05, 0) is 12.8 Å². The van der Waals surface area contributed by atoms with Gasteiger partial charge in [-0.3, -0.25) is 0 Å². The fourth-order valence-corrected chi connectivity index (χ4v) is 1.92. The zero-order valence-corrected chi connectivity index (χ0v) is 11.8. The van der Waals surface area contributed by atoms with Crippen LogP contribution in [0.3, 0.4) is 0 Å². The van der Waals surface area contributed by atoms with E-state index in [1.165, 1.54) is 13.0 Å². The SMILES string of the molecule is Cc1c(O)cc(CC(O)C(C)C(O)C(C)C)oc1=O. The fourth-order valence-electron chi connectivity index (χ4n) is 1.92. The molecule has 0 amide bonds. The summed E-state index contributed by atoms with van der Waals surface area (Å²) in [5.41, 5.74) is -0.465. The summed E-state index contributed by atoms with van der Waals surface area (Å²) in [5.74, 6) is -0.254. The summed E-state index contributed by atoms with van der Waals surface area (Å²) in [4.78, 5) is 11.4. The first kappa shape index (κ1) is 15.7. The molecule has 0 spiro atoms.